The molecule has 0 aliphatic heterocycles. The molecular weight excluding hydrogens is 327 g/mol. The van der Waals surface area contributed by atoms with E-state index in [1.165, 1.54) is 0 Å². The van der Waals surface area contributed by atoms with E-state index < -0.39 is 0 Å². The molecule has 0 saturated carbocycles. The quantitative estimate of drug-likeness (QED) is 0.826. The van der Waals surface area contributed by atoms with Crippen LogP contribution in [0.3, 0.4) is 0 Å². The summed E-state index contributed by atoms with van der Waals surface area (Å²) in [5.41, 5.74) is 1.66. The highest BCUT2D eigenvalue weighted by molar-refractivity contribution is 7.80. The zero-order valence-corrected chi connectivity index (χ0v) is 14.1. The third-order valence-electron chi connectivity index (χ3n) is 2.69. The number of rotatable bonds is 4. The van der Waals surface area contributed by atoms with E-state index in [1.807, 2.05) is 38.2 Å². The summed E-state index contributed by atoms with van der Waals surface area (Å²) in [7, 11) is 0. The van der Waals surface area contributed by atoms with Crippen LogP contribution in [-0.2, 0) is 6.54 Å². The minimum Gasteiger partial charge on any atom is -0.360 e. The van der Waals surface area contributed by atoms with E-state index >= 15 is 0 Å². The molecule has 7 heteroatoms. The molecule has 4 nitrogen and oxygen atoms in total. The van der Waals surface area contributed by atoms with Gasteiger partial charge in [-0.3, -0.25) is 4.68 Å². The number of benzene rings is 1. The molecule has 0 unspecified atom stereocenters. The Bertz CT molecular complexity index is 619. The maximum Gasteiger partial charge on any atom is 0.171 e. The molecule has 0 atom stereocenters. The van der Waals surface area contributed by atoms with Crippen molar-refractivity contribution in [2.75, 3.05) is 5.32 Å². The smallest absolute Gasteiger partial charge is 0.171 e. The lowest BCUT2D eigenvalue weighted by atomic mass is 10.2. The van der Waals surface area contributed by atoms with Crippen molar-refractivity contribution in [3.8, 4) is 0 Å². The molecule has 1 aromatic heterocycles. The molecule has 0 fully saturated rings. The number of hydrogen-bond donors (Lipinski definition) is 2. The van der Waals surface area contributed by atoms with Crippen LogP contribution in [0.4, 0.5) is 5.69 Å². The standard InChI is InChI=1S/C14H16Cl2N4S/c1-9(2)18-14(21)19-10-6-17-20(7-10)8-11-12(15)4-3-5-13(11)16/h3-7,9H,8H2,1-2H3,(H2,18,19,21). The van der Waals surface area contributed by atoms with Crippen LogP contribution < -0.4 is 10.6 Å². The lowest BCUT2D eigenvalue weighted by Crippen LogP contribution is -2.33. The van der Waals surface area contributed by atoms with E-state index in [0.717, 1.165) is 11.3 Å². The molecule has 2 N–H and O–H groups in total. The van der Waals surface area contributed by atoms with Crippen LogP contribution in [0.15, 0.2) is 30.6 Å². The number of nitrogens with one attached hydrogen (secondary N) is 2. The van der Waals surface area contributed by atoms with E-state index in [4.69, 9.17) is 35.4 Å². The van der Waals surface area contributed by atoms with Crippen LogP contribution in [0.1, 0.15) is 19.4 Å². The Morgan fingerprint density at radius 1 is 1.33 bits per heavy atom. The number of nitrogens with zero attached hydrogens (tertiary/aromatic N) is 2. The molecule has 0 aliphatic carbocycles. The Morgan fingerprint density at radius 3 is 2.62 bits per heavy atom. The van der Waals surface area contributed by atoms with Crippen LogP contribution in [0.25, 0.3) is 0 Å². The van der Waals surface area contributed by atoms with Gasteiger partial charge in [-0.15, -0.1) is 0 Å². The highest BCUT2D eigenvalue weighted by atomic mass is 35.5. The third kappa shape index (κ3) is 4.59. The number of anilines is 1. The van der Waals surface area contributed by atoms with Gasteiger partial charge in [0.25, 0.3) is 0 Å². The summed E-state index contributed by atoms with van der Waals surface area (Å²) in [6, 6.07) is 5.72. The average Bonchev–Trinajstić information content (AvgIpc) is 2.80. The zero-order chi connectivity index (χ0) is 15.4. The maximum atomic E-state index is 6.16. The molecule has 2 aromatic rings. The van der Waals surface area contributed by atoms with Gasteiger partial charge in [0, 0.05) is 27.8 Å². The first-order valence-corrected chi connectivity index (χ1v) is 7.65. The van der Waals surface area contributed by atoms with Crippen molar-refractivity contribution < 1.29 is 0 Å². The summed E-state index contributed by atoms with van der Waals surface area (Å²) >= 11 is 17.5. The zero-order valence-electron chi connectivity index (χ0n) is 11.7. The second kappa shape index (κ2) is 7.11. The van der Waals surface area contributed by atoms with Gasteiger partial charge in [-0.05, 0) is 38.2 Å². The summed E-state index contributed by atoms with van der Waals surface area (Å²) in [6.07, 6.45) is 3.56. The highest BCUT2D eigenvalue weighted by Crippen LogP contribution is 2.25. The molecule has 0 saturated heterocycles. The van der Waals surface area contributed by atoms with Crippen LogP contribution in [0.2, 0.25) is 10.0 Å². The van der Waals surface area contributed by atoms with Gasteiger partial charge < -0.3 is 10.6 Å². The second-order valence-electron chi connectivity index (χ2n) is 4.88. The van der Waals surface area contributed by atoms with Gasteiger partial charge in [0.05, 0.1) is 18.4 Å². The maximum absolute atomic E-state index is 6.16. The fraction of sp³-hybridized carbons (Fsp3) is 0.286. The van der Waals surface area contributed by atoms with Crippen LogP contribution in [-0.4, -0.2) is 20.9 Å². The van der Waals surface area contributed by atoms with Gasteiger partial charge in [0.1, 0.15) is 0 Å². The second-order valence-corrected chi connectivity index (χ2v) is 6.10. The van der Waals surface area contributed by atoms with Crippen molar-refractivity contribution in [3.05, 3.63) is 46.2 Å². The lowest BCUT2D eigenvalue weighted by molar-refractivity contribution is 0.687. The summed E-state index contributed by atoms with van der Waals surface area (Å²) in [5, 5.41) is 12.3. The molecule has 112 valence electrons. The van der Waals surface area contributed by atoms with Crippen molar-refractivity contribution in [2.45, 2.75) is 26.4 Å². The van der Waals surface area contributed by atoms with Crippen molar-refractivity contribution in [2.24, 2.45) is 0 Å². The summed E-state index contributed by atoms with van der Waals surface area (Å²) < 4.78 is 1.76. The van der Waals surface area contributed by atoms with Gasteiger partial charge in [0.2, 0.25) is 0 Å². The monoisotopic (exact) mass is 342 g/mol. The van der Waals surface area contributed by atoms with Gasteiger partial charge in [-0.25, -0.2) is 0 Å². The van der Waals surface area contributed by atoms with Gasteiger partial charge >= 0.3 is 0 Å². The van der Waals surface area contributed by atoms with Gasteiger partial charge in [0.15, 0.2) is 5.11 Å². The van der Waals surface area contributed by atoms with Crippen molar-refractivity contribution in [1.82, 2.24) is 15.1 Å². The average molecular weight is 343 g/mol. The Hall–Kier alpha value is -1.30. The Morgan fingerprint density at radius 2 is 2.00 bits per heavy atom. The topological polar surface area (TPSA) is 41.9 Å². The molecule has 1 heterocycles. The van der Waals surface area contributed by atoms with Crippen LogP contribution in [0, 0.1) is 0 Å². The molecule has 21 heavy (non-hydrogen) atoms. The number of aromatic nitrogens is 2. The van der Waals surface area contributed by atoms with Crippen molar-refractivity contribution >= 4 is 46.2 Å². The SMILES string of the molecule is CC(C)NC(=S)Nc1cnn(Cc2c(Cl)cccc2Cl)c1. The predicted octanol–water partition coefficient (Wildman–Crippen LogP) is 3.93. The minimum absolute atomic E-state index is 0.280. The molecule has 0 aliphatic rings. The van der Waals surface area contributed by atoms with E-state index in [9.17, 15) is 0 Å². The summed E-state index contributed by atoms with van der Waals surface area (Å²) in [5.74, 6) is 0. The number of hydrogen-bond acceptors (Lipinski definition) is 2. The Kier molecular flexibility index (Phi) is 5.45. The fourth-order valence-electron chi connectivity index (χ4n) is 1.79. The lowest BCUT2D eigenvalue weighted by Gasteiger charge is -2.11. The van der Waals surface area contributed by atoms with Crippen molar-refractivity contribution in [3.63, 3.8) is 0 Å². The molecule has 0 amide bonds. The van der Waals surface area contributed by atoms with Crippen molar-refractivity contribution in [1.29, 1.82) is 0 Å². The molecule has 0 radical (unpaired) electrons. The normalized spacial score (nSPS) is 10.7. The molecule has 0 spiro atoms. The minimum atomic E-state index is 0.280. The Labute approximate surface area is 139 Å². The first kappa shape index (κ1) is 16.1. The first-order valence-electron chi connectivity index (χ1n) is 6.48. The summed E-state index contributed by atoms with van der Waals surface area (Å²) in [6.45, 7) is 4.55. The third-order valence-corrected chi connectivity index (χ3v) is 3.62. The van der Waals surface area contributed by atoms with E-state index in [0.29, 0.717) is 21.7 Å². The molecule has 2 rings (SSSR count). The highest BCUT2D eigenvalue weighted by Gasteiger charge is 2.08. The van der Waals surface area contributed by atoms with E-state index in [2.05, 4.69) is 15.7 Å². The van der Waals surface area contributed by atoms with E-state index in [-0.39, 0.29) is 6.04 Å². The van der Waals surface area contributed by atoms with Crippen LogP contribution >= 0.6 is 35.4 Å². The number of thiocarbonyl (C=S) groups is 1. The Balaban J connectivity index is 2.05. The van der Waals surface area contributed by atoms with Gasteiger partial charge in [-0.2, -0.15) is 5.10 Å². The summed E-state index contributed by atoms with van der Waals surface area (Å²) in [4.78, 5) is 0. The van der Waals surface area contributed by atoms with Gasteiger partial charge in [-0.1, -0.05) is 29.3 Å². The molecular formula is C14H16Cl2N4S. The first-order chi connectivity index (χ1) is 9.95. The van der Waals surface area contributed by atoms with E-state index in [1.54, 1.807) is 10.9 Å². The molecule has 1 aromatic carbocycles. The fourth-order valence-corrected chi connectivity index (χ4v) is 2.66. The predicted molar refractivity (Wildman–Crippen MR) is 92.3 cm³/mol. The largest absolute Gasteiger partial charge is 0.360 e. The van der Waals surface area contributed by atoms with Crippen LogP contribution in [0.5, 0.6) is 0 Å². The molecule has 0 bridgehead atoms. The number of halogens is 2.